The SMILES string of the molecule is CCCC(OCC(Cl)CO)C(Cl)CO. The quantitative estimate of drug-likeness (QED) is 0.635. The Hall–Kier alpha value is 0.460. The lowest BCUT2D eigenvalue weighted by Crippen LogP contribution is -2.30. The molecule has 0 aromatic heterocycles. The molecule has 3 atom stereocenters. The lowest BCUT2D eigenvalue weighted by Gasteiger charge is -2.21. The number of hydrogen-bond donors (Lipinski definition) is 2. The molecule has 3 unspecified atom stereocenters. The first-order valence-corrected chi connectivity index (χ1v) is 5.64. The van der Waals surface area contributed by atoms with E-state index in [0.29, 0.717) is 0 Å². The van der Waals surface area contributed by atoms with Crippen LogP contribution in [0.25, 0.3) is 0 Å². The Bertz CT molecular complexity index is 135. The second kappa shape index (κ2) is 8.74. The van der Waals surface area contributed by atoms with Crippen molar-refractivity contribution in [2.24, 2.45) is 0 Å². The van der Waals surface area contributed by atoms with E-state index < -0.39 is 10.8 Å². The first kappa shape index (κ1) is 14.5. The molecule has 0 saturated heterocycles. The maximum atomic E-state index is 8.86. The van der Waals surface area contributed by atoms with E-state index >= 15 is 0 Å². The van der Waals surface area contributed by atoms with Crippen LogP contribution in [0.15, 0.2) is 0 Å². The highest BCUT2D eigenvalue weighted by Gasteiger charge is 2.19. The van der Waals surface area contributed by atoms with E-state index in [1.54, 1.807) is 0 Å². The molecule has 0 aliphatic rings. The van der Waals surface area contributed by atoms with Gasteiger partial charge in [-0.15, -0.1) is 23.2 Å². The van der Waals surface area contributed by atoms with Crippen molar-refractivity contribution in [2.75, 3.05) is 19.8 Å². The van der Waals surface area contributed by atoms with Gasteiger partial charge in [0.05, 0.1) is 36.7 Å². The van der Waals surface area contributed by atoms with Crippen molar-refractivity contribution in [3.63, 3.8) is 0 Å². The Kier molecular flexibility index (Phi) is 9.03. The van der Waals surface area contributed by atoms with Crippen LogP contribution in [0.2, 0.25) is 0 Å². The first-order valence-electron chi connectivity index (χ1n) is 4.77. The van der Waals surface area contributed by atoms with E-state index in [9.17, 15) is 0 Å². The number of aliphatic hydroxyl groups excluding tert-OH is 2. The van der Waals surface area contributed by atoms with Crippen molar-refractivity contribution >= 4 is 23.2 Å². The molecule has 0 aliphatic carbocycles. The smallest absolute Gasteiger partial charge is 0.0828 e. The molecule has 0 aliphatic heterocycles. The summed E-state index contributed by atoms with van der Waals surface area (Å²) in [6.45, 7) is 2.04. The normalized spacial score (nSPS) is 17.8. The number of ether oxygens (including phenoxy) is 1. The third-order valence-electron chi connectivity index (χ3n) is 1.84. The minimum Gasteiger partial charge on any atom is -0.395 e. The van der Waals surface area contributed by atoms with Crippen LogP contribution >= 0.6 is 23.2 Å². The predicted octanol–water partition coefficient (Wildman–Crippen LogP) is 1.37. The predicted molar refractivity (Wildman–Crippen MR) is 58.1 cm³/mol. The summed E-state index contributed by atoms with van der Waals surface area (Å²) in [6.07, 6.45) is 1.52. The van der Waals surface area contributed by atoms with Gasteiger partial charge in [0, 0.05) is 0 Å². The van der Waals surface area contributed by atoms with Gasteiger partial charge in [0.25, 0.3) is 0 Å². The van der Waals surface area contributed by atoms with Crippen LogP contribution in [0.1, 0.15) is 19.8 Å². The molecule has 2 N–H and O–H groups in total. The Balaban J connectivity index is 3.83. The van der Waals surface area contributed by atoms with Gasteiger partial charge in [-0.05, 0) is 6.42 Å². The summed E-state index contributed by atoms with van der Waals surface area (Å²) in [5, 5.41) is 16.7. The Labute approximate surface area is 95.0 Å². The van der Waals surface area contributed by atoms with Gasteiger partial charge in [0.1, 0.15) is 0 Å². The van der Waals surface area contributed by atoms with Crippen molar-refractivity contribution in [2.45, 2.75) is 36.6 Å². The van der Waals surface area contributed by atoms with E-state index in [2.05, 4.69) is 0 Å². The molecule has 0 radical (unpaired) electrons. The number of rotatable bonds is 8. The van der Waals surface area contributed by atoms with Gasteiger partial charge in [-0.3, -0.25) is 0 Å². The second-order valence-electron chi connectivity index (χ2n) is 3.14. The lowest BCUT2D eigenvalue weighted by atomic mass is 10.1. The molecule has 0 aromatic rings. The van der Waals surface area contributed by atoms with Crippen LogP contribution in [-0.2, 0) is 4.74 Å². The number of halogens is 2. The second-order valence-corrected chi connectivity index (χ2v) is 4.32. The third-order valence-corrected chi connectivity index (χ3v) is 2.52. The number of hydrogen-bond acceptors (Lipinski definition) is 3. The molecule has 5 heteroatoms. The zero-order chi connectivity index (χ0) is 11.0. The average molecular weight is 245 g/mol. The molecule has 0 bridgehead atoms. The number of alkyl halides is 2. The maximum Gasteiger partial charge on any atom is 0.0828 e. The molecule has 86 valence electrons. The van der Waals surface area contributed by atoms with Crippen LogP contribution in [0.4, 0.5) is 0 Å². The highest BCUT2D eigenvalue weighted by atomic mass is 35.5. The van der Waals surface area contributed by atoms with E-state index in [4.69, 9.17) is 38.2 Å². The van der Waals surface area contributed by atoms with Gasteiger partial charge in [-0.25, -0.2) is 0 Å². The summed E-state index contributed by atoms with van der Waals surface area (Å²) in [6, 6.07) is 0. The third kappa shape index (κ3) is 6.04. The van der Waals surface area contributed by atoms with Gasteiger partial charge < -0.3 is 14.9 Å². The molecular formula is C9H18Cl2O3. The molecule has 0 amide bonds. The van der Waals surface area contributed by atoms with Crippen LogP contribution in [-0.4, -0.2) is 46.9 Å². The summed E-state index contributed by atoms with van der Waals surface area (Å²) in [7, 11) is 0. The minimum absolute atomic E-state index is 0.113. The average Bonchev–Trinajstić information content (AvgIpc) is 2.22. The van der Waals surface area contributed by atoms with Gasteiger partial charge in [0.15, 0.2) is 0 Å². The number of aliphatic hydroxyl groups is 2. The molecule has 0 heterocycles. The standard InChI is InChI=1S/C9H18Cl2O3/c1-2-3-9(8(11)5-13)14-6-7(10)4-12/h7-9,12-13H,2-6H2,1H3. The van der Waals surface area contributed by atoms with E-state index in [-0.39, 0.29) is 25.9 Å². The maximum absolute atomic E-state index is 8.86. The Morgan fingerprint density at radius 3 is 2.29 bits per heavy atom. The fourth-order valence-electron chi connectivity index (χ4n) is 1.05. The zero-order valence-electron chi connectivity index (χ0n) is 8.33. The molecule has 3 nitrogen and oxygen atoms in total. The highest BCUT2D eigenvalue weighted by Crippen LogP contribution is 2.13. The largest absolute Gasteiger partial charge is 0.395 e. The molecule has 0 aromatic carbocycles. The first-order chi connectivity index (χ1) is 6.65. The Morgan fingerprint density at radius 1 is 1.21 bits per heavy atom. The summed E-state index contributed by atoms with van der Waals surface area (Å²) in [4.78, 5) is 0. The van der Waals surface area contributed by atoms with E-state index in [1.807, 2.05) is 6.92 Å². The minimum atomic E-state index is -0.406. The summed E-state index contributed by atoms with van der Waals surface area (Å²) in [5.74, 6) is 0. The fraction of sp³-hybridized carbons (Fsp3) is 1.00. The summed E-state index contributed by atoms with van der Waals surface area (Å²) in [5.41, 5.74) is 0. The van der Waals surface area contributed by atoms with Crippen LogP contribution in [0, 0.1) is 0 Å². The zero-order valence-corrected chi connectivity index (χ0v) is 9.84. The lowest BCUT2D eigenvalue weighted by molar-refractivity contribution is 0.0276. The van der Waals surface area contributed by atoms with Crippen LogP contribution < -0.4 is 0 Å². The topological polar surface area (TPSA) is 49.7 Å². The van der Waals surface area contributed by atoms with E-state index in [1.165, 1.54) is 0 Å². The summed E-state index contributed by atoms with van der Waals surface area (Å²) >= 11 is 11.5. The van der Waals surface area contributed by atoms with Crippen molar-refractivity contribution in [3.05, 3.63) is 0 Å². The fourth-order valence-corrected chi connectivity index (χ4v) is 1.32. The molecular weight excluding hydrogens is 227 g/mol. The highest BCUT2D eigenvalue weighted by molar-refractivity contribution is 6.21. The molecule has 14 heavy (non-hydrogen) atoms. The van der Waals surface area contributed by atoms with Gasteiger partial charge in [-0.2, -0.15) is 0 Å². The monoisotopic (exact) mass is 244 g/mol. The molecule has 0 saturated carbocycles. The van der Waals surface area contributed by atoms with Crippen molar-refractivity contribution in [3.8, 4) is 0 Å². The van der Waals surface area contributed by atoms with Gasteiger partial charge in [-0.1, -0.05) is 13.3 Å². The molecule has 0 rings (SSSR count). The van der Waals surface area contributed by atoms with Gasteiger partial charge in [0.2, 0.25) is 0 Å². The molecule has 0 spiro atoms. The Morgan fingerprint density at radius 2 is 1.86 bits per heavy atom. The van der Waals surface area contributed by atoms with Crippen LogP contribution in [0.3, 0.4) is 0 Å². The van der Waals surface area contributed by atoms with Crippen molar-refractivity contribution < 1.29 is 14.9 Å². The van der Waals surface area contributed by atoms with E-state index in [0.717, 1.165) is 12.8 Å². The van der Waals surface area contributed by atoms with Crippen molar-refractivity contribution in [1.82, 2.24) is 0 Å². The van der Waals surface area contributed by atoms with Crippen molar-refractivity contribution in [1.29, 1.82) is 0 Å². The molecule has 0 fully saturated rings. The summed E-state index contributed by atoms with van der Waals surface area (Å²) < 4.78 is 5.40. The van der Waals surface area contributed by atoms with Gasteiger partial charge >= 0.3 is 0 Å². The van der Waals surface area contributed by atoms with Crippen LogP contribution in [0.5, 0.6) is 0 Å².